The number of ketones is 1. The van der Waals surface area contributed by atoms with E-state index in [1.807, 2.05) is 13.0 Å². The summed E-state index contributed by atoms with van der Waals surface area (Å²) in [4.78, 5) is 21.0. The summed E-state index contributed by atoms with van der Waals surface area (Å²) in [5.74, 6) is -0.0671. The standard InChI is InChI=1S/C11H12BrNO3/c1-3-8-4-9(11(12)7(2)14)6-10(5-8)13(15)16/h4-6,11H,3H2,1-2H3. The minimum atomic E-state index is -0.474. The normalized spacial score (nSPS) is 12.2. The fourth-order valence-corrected chi connectivity index (χ4v) is 1.65. The van der Waals surface area contributed by atoms with E-state index in [4.69, 9.17) is 0 Å². The Morgan fingerprint density at radius 3 is 2.56 bits per heavy atom. The molecule has 16 heavy (non-hydrogen) atoms. The number of hydrogen-bond acceptors (Lipinski definition) is 3. The van der Waals surface area contributed by atoms with Crippen molar-refractivity contribution in [3.05, 3.63) is 39.4 Å². The van der Waals surface area contributed by atoms with Crippen molar-refractivity contribution in [1.82, 2.24) is 0 Å². The highest BCUT2D eigenvalue weighted by molar-refractivity contribution is 9.09. The molecule has 0 heterocycles. The van der Waals surface area contributed by atoms with Crippen molar-refractivity contribution >= 4 is 27.4 Å². The van der Waals surface area contributed by atoms with Gasteiger partial charge in [0.2, 0.25) is 0 Å². The van der Waals surface area contributed by atoms with Gasteiger partial charge in [0.25, 0.3) is 5.69 Å². The lowest BCUT2D eigenvalue weighted by Crippen LogP contribution is -2.03. The summed E-state index contributed by atoms with van der Waals surface area (Å²) in [6.45, 7) is 3.36. The number of Topliss-reactive ketones (excluding diaryl/α,β-unsaturated/α-hetero) is 1. The van der Waals surface area contributed by atoms with Crippen molar-refractivity contribution in [3.63, 3.8) is 0 Å². The molecule has 0 saturated carbocycles. The van der Waals surface area contributed by atoms with Crippen molar-refractivity contribution in [2.75, 3.05) is 0 Å². The first-order chi connectivity index (χ1) is 7.45. The van der Waals surface area contributed by atoms with E-state index in [9.17, 15) is 14.9 Å². The second-order valence-corrected chi connectivity index (χ2v) is 4.43. The average molecular weight is 286 g/mol. The third kappa shape index (κ3) is 2.88. The minimum absolute atomic E-state index is 0.0278. The molecule has 0 bridgehead atoms. The van der Waals surface area contributed by atoms with Gasteiger partial charge in [0.05, 0.1) is 9.75 Å². The molecule has 0 saturated heterocycles. The van der Waals surface area contributed by atoms with Crippen LogP contribution in [0.3, 0.4) is 0 Å². The smallest absolute Gasteiger partial charge is 0.270 e. The monoisotopic (exact) mass is 285 g/mol. The van der Waals surface area contributed by atoms with Crippen LogP contribution in [0.1, 0.15) is 29.8 Å². The maximum Gasteiger partial charge on any atom is 0.270 e. The predicted octanol–water partition coefficient (Wildman–Crippen LogP) is 3.18. The lowest BCUT2D eigenvalue weighted by atomic mass is 10.0. The Labute approximate surface area is 102 Å². The van der Waals surface area contributed by atoms with E-state index in [0.29, 0.717) is 12.0 Å². The number of non-ortho nitro benzene ring substituents is 1. The van der Waals surface area contributed by atoms with E-state index in [2.05, 4.69) is 15.9 Å². The molecule has 1 unspecified atom stereocenters. The van der Waals surface area contributed by atoms with Crippen molar-refractivity contribution in [2.24, 2.45) is 0 Å². The highest BCUT2D eigenvalue weighted by atomic mass is 79.9. The second kappa shape index (κ2) is 5.21. The van der Waals surface area contributed by atoms with E-state index in [-0.39, 0.29) is 11.5 Å². The number of aryl methyl sites for hydroxylation is 1. The van der Waals surface area contributed by atoms with Gasteiger partial charge in [-0.3, -0.25) is 14.9 Å². The Morgan fingerprint density at radius 1 is 1.50 bits per heavy atom. The number of carbonyl (C=O) groups excluding carboxylic acids is 1. The molecular formula is C11H12BrNO3. The van der Waals surface area contributed by atoms with Crippen LogP contribution in [0.25, 0.3) is 0 Å². The molecule has 86 valence electrons. The highest BCUT2D eigenvalue weighted by Crippen LogP contribution is 2.28. The number of rotatable bonds is 4. The van der Waals surface area contributed by atoms with Gasteiger partial charge in [-0.1, -0.05) is 28.9 Å². The molecule has 1 rings (SSSR count). The Morgan fingerprint density at radius 2 is 2.12 bits per heavy atom. The minimum Gasteiger partial charge on any atom is -0.298 e. The number of carbonyl (C=O) groups is 1. The van der Waals surface area contributed by atoms with Crippen LogP contribution >= 0.6 is 15.9 Å². The van der Waals surface area contributed by atoms with E-state index < -0.39 is 9.75 Å². The molecule has 0 aliphatic rings. The third-order valence-corrected chi connectivity index (χ3v) is 3.44. The number of benzene rings is 1. The zero-order valence-corrected chi connectivity index (χ0v) is 10.7. The molecule has 1 aromatic rings. The quantitative estimate of drug-likeness (QED) is 0.485. The molecule has 0 amide bonds. The Kier molecular flexibility index (Phi) is 4.18. The van der Waals surface area contributed by atoms with Crippen LogP contribution in [0.2, 0.25) is 0 Å². The van der Waals surface area contributed by atoms with Crippen LogP contribution in [0.5, 0.6) is 0 Å². The fraction of sp³-hybridized carbons (Fsp3) is 0.364. The van der Waals surface area contributed by atoms with Crippen LogP contribution in [0.15, 0.2) is 18.2 Å². The molecule has 5 heteroatoms. The van der Waals surface area contributed by atoms with E-state index in [1.165, 1.54) is 19.1 Å². The van der Waals surface area contributed by atoms with Crippen molar-refractivity contribution in [1.29, 1.82) is 0 Å². The van der Waals surface area contributed by atoms with Gasteiger partial charge in [-0.15, -0.1) is 0 Å². The Balaban J connectivity index is 3.23. The molecule has 1 aromatic carbocycles. The van der Waals surface area contributed by atoms with Crippen LogP contribution in [0.4, 0.5) is 5.69 Å². The summed E-state index contributed by atoms with van der Waals surface area (Å²) in [7, 11) is 0. The zero-order valence-electron chi connectivity index (χ0n) is 9.07. The molecule has 0 aromatic heterocycles. The first-order valence-electron chi connectivity index (χ1n) is 4.88. The first kappa shape index (κ1) is 12.8. The van der Waals surface area contributed by atoms with Gasteiger partial charge in [0.1, 0.15) is 5.78 Å². The summed E-state index contributed by atoms with van der Waals surface area (Å²) in [6, 6.07) is 4.77. The van der Waals surface area contributed by atoms with E-state index >= 15 is 0 Å². The lowest BCUT2D eigenvalue weighted by molar-refractivity contribution is -0.385. The van der Waals surface area contributed by atoms with Crippen LogP contribution in [-0.2, 0) is 11.2 Å². The van der Waals surface area contributed by atoms with Gasteiger partial charge in [0, 0.05) is 12.1 Å². The van der Waals surface area contributed by atoms with Gasteiger partial charge in [-0.2, -0.15) is 0 Å². The second-order valence-electron chi connectivity index (χ2n) is 3.52. The van der Waals surface area contributed by atoms with Crippen LogP contribution in [0, 0.1) is 10.1 Å². The topological polar surface area (TPSA) is 60.2 Å². The molecular weight excluding hydrogens is 274 g/mol. The molecule has 0 aliphatic carbocycles. The van der Waals surface area contributed by atoms with Gasteiger partial charge in [0.15, 0.2) is 0 Å². The van der Waals surface area contributed by atoms with Gasteiger partial charge < -0.3 is 0 Å². The number of nitro benzene ring substituents is 1. The lowest BCUT2D eigenvalue weighted by Gasteiger charge is -2.08. The fourth-order valence-electron chi connectivity index (χ4n) is 1.39. The SMILES string of the molecule is CCc1cc(C(Br)C(C)=O)cc([N+](=O)[O-])c1. The summed E-state index contributed by atoms with van der Waals surface area (Å²) >= 11 is 3.22. The largest absolute Gasteiger partial charge is 0.298 e. The average Bonchev–Trinajstić information content (AvgIpc) is 2.27. The van der Waals surface area contributed by atoms with E-state index in [0.717, 1.165) is 5.56 Å². The summed E-state index contributed by atoms with van der Waals surface area (Å²) in [5.41, 5.74) is 1.52. The molecule has 0 N–H and O–H groups in total. The molecule has 0 aliphatic heterocycles. The number of hydrogen-bond donors (Lipinski definition) is 0. The van der Waals surface area contributed by atoms with Crippen LogP contribution in [-0.4, -0.2) is 10.7 Å². The maximum atomic E-state index is 11.2. The van der Waals surface area contributed by atoms with Crippen molar-refractivity contribution in [2.45, 2.75) is 25.1 Å². The number of alkyl halides is 1. The Hall–Kier alpha value is -1.23. The molecule has 1 atom stereocenters. The molecule has 4 nitrogen and oxygen atoms in total. The van der Waals surface area contributed by atoms with Crippen molar-refractivity contribution < 1.29 is 9.72 Å². The summed E-state index contributed by atoms with van der Waals surface area (Å²) in [5, 5.41) is 10.7. The molecule has 0 fully saturated rings. The van der Waals surface area contributed by atoms with Crippen molar-refractivity contribution in [3.8, 4) is 0 Å². The highest BCUT2D eigenvalue weighted by Gasteiger charge is 2.17. The third-order valence-electron chi connectivity index (χ3n) is 2.27. The predicted molar refractivity (Wildman–Crippen MR) is 64.8 cm³/mol. The molecule has 0 spiro atoms. The van der Waals surface area contributed by atoms with Crippen LogP contribution < -0.4 is 0 Å². The Bertz CT molecular complexity index is 431. The number of nitrogens with zero attached hydrogens (tertiary/aromatic N) is 1. The maximum absolute atomic E-state index is 11.2. The van der Waals surface area contributed by atoms with Gasteiger partial charge in [-0.25, -0.2) is 0 Å². The zero-order chi connectivity index (χ0) is 12.3. The van der Waals surface area contributed by atoms with Gasteiger partial charge in [-0.05, 0) is 24.5 Å². The number of halogens is 1. The first-order valence-corrected chi connectivity index (χ1v) is 5.80. The summed E-state index contributed by atoms with van der Waals surface area (Å²) < 4.78 is 0. The molecule has 0 radical (unpaired) electrons. The number of nitro groups is 1. The summed E-state index contributed by atoms with van der Waals surface area (Å²) in [6.07, 6.45) is 0.701. The van der Waals surface area contributed by atoms with E-state index in [1.54, 1.807) is 0 Å². The van der Waals surface area contributed by atoms with Gasteiger partial charge >= 0.3 is 0 Å².